The van der Waals surface area contributed by atoms with E-state index in [0.29, 0.717) is 25.3 Å². The number of oxazole rings is 1. The summed E-state index contributed by atoms with van der Waals surface area (Å²) in [5, 5.41) is 3.51. The van der Waals surface area contributed by atoms with Crippen molar-refractivity contribution in [1.82, 2.24) is 14.5 Å². The van der Waals surface area contributed by atoms with Crippen molar-refractivity contribution >= 4 is 39.7 Å². The van der Waals surface area contributed by atoms with Gasteiger partial charge in [-0.15, -0.1) is 0 Å². The Labute approximate surface area is 219 Å². The lowest BCUT2D eigenvalue weighted by atomic mass is 10.0. The first-order valence-electron chi connectivity index (χ1n) is 12.2. The van der Waals surface area contributed by atoms with Gasteiger partial charge in [0, 0.05) is 41.6 Å². The van der Waals surface area contributed by atoms with Crippen LogP contribution in [0.1, 0.15) is 32.3 Å². The van der Waals surface area contributed by atoms with E-state index in [1.54, 1.807) is 0 Å². The molecule has 2 aromatic carbocycles. The Hall–Kier alpha value is -2.72. The Morgan fingerprint density at radius 1 is 1.03 bits per heavy atom. The predicted octanol–water partition coefficient (Wildman–Crippen LogP) is 6.10. The van der Waals surface area contributed by atoms with Crippen LogP contribution in [0.5, 0.6) is 11.5 Å². The van der Waals surface area contributed by atoms with E-state index in [9.17, 15) is 0 Å². The summed E-state index contributed by atoms with van der Waals surface area (Å²) < 4.78 is 21.2. The smallest absolute Gasteiger partial charge is 0.295 e. The molecule has 2 aromatic heterocycles. The standard InChI is InChI=1S/C27H31IN4O3/c1-3-33-23-16-19(17-24(34-4-2)26(23)32-12-5-6-13-32)18-31-14-10-20(11-15-31)29-27-30-25-21(28)8-7-9-22(25)35-27/h5-9,12-13,16-17,20H,3-4,10-11,14-15,18H2,1-2H3,(H,29,30). The molecule has 0 unspecified atom stereocenters. The van der Waals surface area contributed by atoms with Crippen LogP contribution in [0.25, 0.3) is 16.8 Å². The highest BCUT2D eigenvalue weighted by molar-refractivity contribution is 14.1. The fourth-order valence-electron chi connectivity index (χ4n) is 4.64. The van der Waals surface area contributed by atoms with Crippen LogP contribution in [0.2, 0.25) is 0 Å². The van der Waals surface area contributed by atoms with Gasteiger partial charge in [-0.25, -0.2) is 0 Å². The van der Waals surface area contributed by atoms with Gasteiger partial charge in [-0.3, -0.25) is 4.90 Å². The molecule has 1 aliphatic heterocycles. The summed E-state index contributed by atoms with van der Waals surface area (Å²) in [6.07, 6.45) is 6.12. The second kappa shape index (κ2) is 10.9. The molecule has 1 fully saturated rings. The van der Waals surface area contributed by atoms with E-state index in [1.165, 1.54) is 5.56 Å². The molecule has 184 valence electrons. The number of ether oxygens (including phenoxy) is 2. The number of nitrogens with one attached hydrogen (secondary N) is 1. The number of hydrogen-bond acceptors (Lipinski definition) is 6. The van der Waals surface area contributed by atoms with E-state index < -0.39 is 0 Å². The fraction of sp³-hybridized carbons (Fsp3) is 0.370. The Morgan fingerprint density at radius 2 is 1.71 bits per heavy atom. The minimum Gasteiger partial charge on any atom is -0.492 e. The van der Waals surface area contributed by atoms with Crippen molar-refractivity contribution in [2.24, 2.45) is 0 Å². The average molecular weight is 586 g/mol. The number of para-hydroxylation sites is 1. The molecule has 3 heterocycles. The summed E-state index contributed by atoms with van der Waals surface area (Å²) in [4.78, 5) is 7.14. The van der Waals surface area contributed by atoms with Gasteiger partial charge in [0.1, 0.15) is 22.7 Å². The molecule has 0 atom stereocenters. The highest BCUT2D eigenvalue weighted by Gasteiger charge is 2.22. The number of rotatable bonds is 9. The zero-order chi connectivity index (χ0) is 24.2. The minimum atomic E-state index is 0.353. The third-order valence-corrected chi connectivity index (χ3v) is 7.12. The Balaban J connectivity index is 1.26. The fourth-order valence-corrected chi connectivity index (χ4v) is 5.24. The minimum absolute atomic E-state index is 0.353. The lowest BCUT2D eigenvalue weighted by Crippen LogP contribution is -2.38. The van der Waals surface area contributed by atoms with Gasteiger partial charge in [-0.05, 0) is 91.2 Å². The molecule has 0 spiro atoms. The second-order valence-corrected chi connectivity index (χ2v) is 9.86. The lowest BCUT2D eigenvalue weighted by molar-refractivity contribution is 0.209. The molecule has 1 aliphatic rings. The molecule has 7 nitrogen and oxygen atoms in total. The van der Waals surface area contributed by atoms with Crippen LogP contribution in [0.15, 0.2) is 59.3 Å². The molecule has 0 radical (unpaired) electrons. The number of nitrogens with zero attached hydrogens (tertiary/aromatic N) is 3. The number of hydrogen-bond donors (Lipinski definition) is 1. The summed E-state index contributed by atoms with van der Waals surface area (Å²) in [5.41, 5.74) is 3.91. The molecule has 8 heteroatoms. The average Bonchev–Trinajstić information content (AvgIpc) is 3.52. The van der Waals surface area contributed by atoms with Gasteiger partial charge in [0.05, 0.1) is 13.2 Å². The van der Waals surface area contributed by atoms with Gasteiger partial charge in [-0.1, -0.05) is 6.07 Å². The maximum Gasteiger partial charge on any atom is 0.295 e. The SMILES string of the molecule is CCOc1cc(CN2CCC(Nc3nc4c(I)cccc4o3)CC2)cc(OCC)c1-n1cccc1. The molecular formula is C27H31IN4O3. The molecule has 1 N–H and O–H groups in total. The number of anilines is 1. The molecule has 1 saturated heterocycles. The first kappa shape index (κ1) is 24.0. The molecule has 5 rings (SSSR count). The van der Waals surface area contributed by atoms with Crippen molar-refractivity contribution in [3.63, 3.8) is 0 Å². The molecule has 35 heavy (non-hydrogen) atoms. The quantitative estimate of drug-likeness (QED) is 0.240. The summed E-state index contributed by atoms with van der Waals surface area (Å²) in [7, 11) is 0. The summed E-state index contributed by atoms with van der Waals surface area (Å²) >= 11 is 2.30. The van der Waals surface area contributed by atoms with Gasteiger partial charge in [0.15, 0.2) is 5.58 Å². The topological polar surface area (TPSA) is 64.7 Å². The van der Waals surface area contributed by atoms with Crippen molar-refractivity contribution in [2.45, 2.75) is 39.3 Å². The Bertz CT molecular complexity index is 1240. The Kier molecular flexibility index (Phi) is 7.48. The van der Waals surface area contributed by atoms with Crippen molar-refractivity contribution in [2.75, 3.05) is 31.6 Å². The van der Waals surface area contributed by atoms with E-state index in [0.717, 1.165) is 64.3 Å². The van der Waals surface area contributed by atoms with E-state index in [1.807, 2.05) is 56.6 Å². The molecule has 0 bridgehead atoms. The van der Waals surface area contributed by atoms with Crippen LogP contribution in [0.4, 0.5) is 6.01 Å². The predicted molar refractivity (Wildman–Crippen MR) is 147 cm³/mol. The van der Waals surface area contributed by atoms with E-state index in [4.69, 9.17) is 13.9 Å². The highest BCUT2D eigenvalue weighted by Crippen LogP contribution is 2.35. The van der Waals surface area contributed by atoms with Gasteiger partial charge in [-0.2, -0.15) is 4.98 Å². The third kappa shape index (κ3) is 5.43. The largest absolute Gasteiger partial charge is 0.492 e. The van der Waals surface area contributed by atoms with Crippen molar-refractivity contribution in [1.29, 1.82) is 0 Å². The normalized spacial score (nSPS) is 14.9. The van der Waals surface area contributed by atoms with E-state index in [2.05, 4.69) is 54.5 Å². The summed E-state index contributed by atoms with van der Waals surface area (Å²) in [6, 6.07) is 15.3. The number of likely N-dealkylation sites (tertiary alicyclic amines) is 1. The van der Waals surface area contributed by atoms with Crippen LogP contribution in [-0.4, -0.2) is 46.8 Å². The molecule has 0 amide bonds. The van der Waals surface area contributed by atoms with E-state index in [-0.39, 0.29) is 0 Å². The third-order valence-electron chi connectivity index (χ3n) is 6.25. The monoisotopic (exact) mass is 586 g/mol. The van der Waals surface area contributed by atoms with Gasteiger partial charge in [0.2, 0.25) is 0 Å². The van der Waals surface area contributed by atoms with Gasteiger partial charge in [0.25, 0.3) is 6.01 Å². The van der Waals surface area contributed by atoms with Crippen molar-refractivity contribution in [3.8, 4) is 17.2 Å². The molecule has 0 aliphatic carbocycles. The van der Waals surface area contributed by atoms with Crippen LogP contribution >= 0.6 is 22.6 Å². The number of piperidine rings is 1. The summed E-state index contributed by atoms with van der Waals surface area (Å²) in [6.45, 7) is 8.11. The second-order valence-electron chi connectivity index (χ2n) is 8.70. The highest BCUT2D eigenvalue weighted by atomic mass is 127. The Morgan fingerprint density at radius 3 is 2.34 bits per heavy atom. The maximum atomic E-state index is 6.05. The van der Waals surface area contributed by atoms with Crippen LogP contribution in [-0.2, 0) is 6.54 Å². The number of benzene rings is 2. The van der Waals surface area contributed by atoms with Gasteiger partial charge >= 0.3 is 0 Å². The van der Waals surface area contributed by atoms with Crippen molar-refractivity contribution < 1.29 is 13.9 Å². The van der Waals surface area contributed by atoms with Crippen LogP contribution in [0.3, 0.4) is 0 Å². The first-order valence-corrected chi connectivity index (χ1v) is 13.3. The van der Waals surface area contributed by atoms with Gasteiger partial charge < -0.3 is 23.8 Å². The number of aromatic nitrogens is 2. The number of halogens is 1. The molecule has 4 aromatic rings. The molecule has 0 saturated carbocycles. The van der Waals surface area contributed by atoms with Crippen molar-refractivity contribution in [3.05, 3.63) is 64.0 Å². The van der Waals surface area contributed by atoms with E-state index >= 15 is 0 Å². The zero-order valence-electron chi connectivity index (χ0n) is 20.2. The number of fused-ring (bicyclic) bond motifs is 1. The first-order chi connectivity index (χ1) is 17.1. The summed E-state index contributed by atoms with van der Waals surface area (Å²) in [5.74, 6) is 1.71. The van der Waals surface area contributed by atoms with Crippen LogP contribution < -0.4 is 14.8 Å². The molecular weight excluding hydrogens is 555 g/mol. The van der Waals surface area contributed by atoms with Crippen LogP contribution in [0, 0.1) is 3.57 Å². The maximum absolute atomic E-state index is 6.05. The zero-order valence-corrected chi connectivity index (χ0v) is 22.3. The lowest BCUT2D eigenvalue weighted by Gasteiger charge is -2.32.